The van der Waals surface area contributed by atoms with Crippen molar-refractivity contribution in [3.63, 3.8) is 0 Å². The average Bonchev–Trinajstić information content (AvgIpc) is 2.70. The molecule has 3 rings (SSSR count). The Morgan fingerprint density at radius 2 is 1.79 bits per heavy atom. The lowest BCUT2D eigenvalue weighted by Gasteiger charge is -2.22. The van der Waals surface area contributed by atoms with Crippen molar-refractivity contribution in [1.82, 2.24) is 10.2 Å². The van der Waals surface area contributed by atoms with E-state index in [1.165, 1.54) is 51.7 Å². The predicted octanol–water partition coefficient (Wildman–Crippen LogP) is 2.62. The van der Waals surface area contributed by atoms with Crippen molar-refractivity contribution in [2.45, 2.75) is 51.1 Å². The molecule has 0 aromatic heterocycles. The zero-order chi connectivity index (χ0) is 13.1. The lowest BCUT2D eigenvalue weighted by molar-refractivity contribution is 0.295. The summed E-state index contributed by atoms with van der Waals surface area (Å²) in [6.45, 7) is 6.05. The van der Waals surface area contributed by atoms with Gasteiger partial charge in [0, 0.05) is 12.1 Å². The number of benzene rings is 1. The first-order valence-electron chi connectivity index (χ1n) is 7.90. The van der Waals surface area contributed by atoms with Crippen LogP contribution in [0.1, 0.15) is 37.3 Å². The minimum Gasteiger partial charge on any atom is -0.311 e. The van der Waals surface area contributed by atoms with Crippen molar-refractivity contribution < 1.29 is 0 Å². The van der Waals surface area contributed by atoms with Crippen LogP contribution in [0.25, 0.3) is 0 Å². The van der Waals surface area contributed by atoms with Crippen LogP contribution in [-0.2, 0) is 12.8 Å². The molecule has 1 atom stereocenters. The maximum atomic E-state index is 3.92. The number of nitrogens with one attached hydrogen (secondary N) is 1. The molecule has 1 heterocycles. The molecule has 1 saturated heterocycles. The van der Waals surface area contributed by atoms with Crippen molar-refractivity contribution in [3.05, 3.63) is 35.4 Å². The standard InChI is InChI=1S/C17H26N2/c1-2-19-10-5-8-16(9-11-19)18-17-12-14-6-3-4-7-15(14)13-17/h3-4,6-7,16-18H,2,5,8-13H2,1H3. The Balaban J connectivity index is 1.53. The quantitative estimate of drug-likeness (QED) is 0.896. The van der Waals surface area contributed by atoms with Crippen LogP contribution in [-0.4, -0.2) is 36.6 Å². The highest BCUT2D eigenvalue weighted by atomic mass is 15.1. The molecule has 2 nitrogen and oxygen atoms in total. The molecule has 1 fully saturated rings. The third kappa shape index (κ3) is 3.18. The second-order valence-corrected chi connectivity index (χ2v) is 6.10. The Kier molecular flexibility index (Phi) is 4.19. The molecule has 1 aromatic rings. The summed E-state index contributed by atoms with van der Waals surface area (Å²) in [4.78, 5) is 2.59. The summed E-state index contributed by atoms with van der Waals surface area (Å²) < 4.78 is 0. The number of nitrogens with zero attached hydrogens (tertiary/aromatic N) is 1. The Labute approximate surface area is 117 Å². The van der Waals surface area contributed by atoms with Gasteiger partial charge < -0.3 is 10.2 Å². The SMILES string of the molecule is CCN1CCCC(NC2Cc3ccccc3C2)CC1. The molecule has 104 valence electrons. The maximum Gasteiger partial charge on any atom is 0.0151 e. The fraction of sp³-hybridized carbons (Fsp3) is 0.647. The van der Waals surface area contributed by atoms with Gasteiger partial charge in [-0.25, -0.2) is 0 Å². The first-order valence-corrected chi connectivity index (χ1v) is 7.90. The van der Waals surface area contributed by atoms with E-state index in [0.29, 0.717) is 6.04 Å². The second kappa shape index (κ2) is 6.06. The molecule has 1 aliphatic carbocycles. The summed E-state index contributed by atoms with van der Waals surface area (Å²) in [6, 6.07) is 10.3. The van der Waals surface area contributed by atoms with Crippen LogP contribution >= 0.6 is 0 Å². The normalized spacial score (nSPS) is 25.2. The average molecular weight is 258 g/mol. The lowest BCUT2D eigenvalue weighted by Crippen LogP contribution is -2.39. The van der Waals surface area contributed by atoms with Gasteiger partial charge >= 0.3 is 0 Å². The third-order valence-corrected chi connectivity index (χ3v) is 4.79. The van der Waals surface area contributed by atoms with Crippen molar-refractivity contribution in [2.24, 2.45) is 0 Å². The van der Waals surface area contributed by atoms with E-state index in [0.717, 1.165) is 6.04 Å². The van der Waals surface area contributed by atoms with Crippen molar-refractivity contribution in [1.29, 1.82) is 0 Å². The molecule has 0 spiro atoms. The molecule has 1 aliphatic heterocycles. The van der Waals surface area contributed by atoms with E-state index in [2.05, 4.69) is 41.4 Å². The van der Waals surface area contributed by atoms with Crippen LogP contribution in [0.15, 0.2) is 24.3 Å². The molecular formula is C17H26N2. The Morgan fingerprint density at radius 1 is 1.05 bits per heavy atom. The maximum absolute atomic E-state index is 3.92. The monoisotopic (exact) mass is 258 g/mol. The molecular weight excluding hydrogens is 232 g/mol. The Bertz CT molecular complexity index is 390. The van der Waals surface area contributed by atoms with E-state index in [1.54, 1.807) is 11.1 Å². The van der Waals surface area contributed by atoms with Crippen LogP contribution < -0.4 is 5.32 Å². The predicted molar refractivity (Wildman–Crippen MR) is 80.5 cm³/mol. The fourth-order valence-electron chi connectivity index (χ4n) is 3.65. The summed E-state index contributed by atoms with van der Waals surface area (Å²) in [5.74, 6) is 0. The molecule has 0 amide bonds. The van der Waals surface area contributed by atoms with Gasteiger partial charge in [0.15, 0.2) is 0 Å². The summed E-state index contributed by atoms with van der Waals surface area (Å²) >= 11 is 0. The van der Waals surface area contributed by atoms with E-state index in [4.69, 9.17) is 0 Å². The van der Waals surface area contributed by atoms with Crippen LogP contribution in [0.4, 0.5) is 0 Å². The van der Waals surface area contributed by atoms with Gasteiger partial charge in [-0.1, -0.05) is 31.2 Å². The zero-order valence-electron chi connectivity index (χ0n) is 12.1. The summed E-state index contributed by atoms with van der Waals surface area (Å²) in [7, 11) is 0. The highest BCUT2D eigenvalue weighted by Crippen LogP contribution is 2.23. The molecule has 1 unspecified atom stereocenters. The van der Waals surface area contributed by atoms with Crippen LogP contribution in [0, 0.1) is 0 Å². The van der Waals surface area contributed by atoms with Crippen LogP contribution in [0.5, 0.6) is 0 Å². The minimum absolute atomic E-state index is 0.676. The third-order valence-electron chi connectivity index (χ3n) is 4.79. The number of hydrogen-bond acceptors (Lipinski definition) is 2. The van der Waals surface area contributed by atoms with Gasteiger partial charge in [0.2, 0.25) is 0 Å². The van der Waals surface area contributed by atoms with E-state index in [1.807, 2.05) is 0 Å². The molecule has 19 heavy (non-hydrogen) atoms. The van der Waals surface area contributed by atoms with E-state index in [9.17, 15) is 0 Å². The molecule has 0 saturated carbocycles. The molecule has 1 N–H and O–H groups in total. The van der Waals surface area contributed by atoms with Crippen molar-refractivity contribution in [2.75, 3.05) is 19.6 Å². The lowest BCUT2D eigenvalue weighted by atomic mass is 10.1. The zero-order valence-corrected chi connectivity index (χ0v) is 12.1. The Morgan fingerprint density at radius 3 is 2.47 bits per heavy atom. The molecule has 1 aromatic carbocycles. The summed E-state index contributed by atoms with van der Waals surface area (Å²) in [5, 5.41) is 3.92. The number of hydrogen-bond donors (Lipinski definition) is 1. The molecule has 2 aliphatic rings. The second-order valence-electron chi connectivity index (χ2n) is 6.10. The van der Waals surface area contributed by atoms with Crippen molar-refractivity contribution >= 4 is 0 Å². The van der Waals surface area contributed by atoms with Gasteiger partial charge in [-0.05, 0) is 62.9 Å². The molecule has 0 radical (unpaired) electrons. The van der Waals surface area contributed by atoms with Gasteiger partial charge in [-0.2, -0.15) is 0 Å². The van der Waals surface area contributed by atoms with Crippen LogP contribution in [0.2, 0.25) is 0 Å². The van der Waals surface area contributed by atoms with Gasteiger partial charge in [0.05, 0.1) is 0 Å². The summed E-state index contributed by atoms with van der Waals surface area (Å²) in [5.41, 5.74) is 3.12. The van der Waals surface area contributed by atoms with Gasteiger partial charge in [-0.3, -0.25) is 0 Å². The molecule has 0 bridgehead atoms. The van der Waals surface area contributed by atoms with Crippen molar-refractivity contribution in [3.8, 4) is 0 Å². The fourth-order valence-corrected chi connectivity index (χ4v) is 3.65. The first kappa shape index (κ1) is 13.1. The van der Waals surface area contributed by atoms with E-state index in [-0.39, 0.29) is 0 Å². The van der Waals surface area contributed by atoms with Gasteiger partial charge in [-0.15, -0.1) is 0 Å². The Hall–Kier alpha value is -0.860. The smallest absolute Gasteiger partial charge is 0.0151 e. The topological polar surface area (TPSA) is 15.3 Å². The van der Waals surface area contributed by atoms with E-state index < -0.39 is 0 Å². The highest BCUT2D eigenvalue weighted by Gasteiger charge is 2.24. The van der Waals surface area contributed by atoms with Gasteiger partial charge in [0.25, 0.3) is 0 Å². The number of likely N-dealkylation sites (tertiary alicyclic amines) is 1. The number of rotatable bonds is 3. The van der Waals surface area contributed by atoms with E-state index >= 15 is 0 Å². The minimum atomic E-state index is 0.676. The van der Waals surface area contributed by atoms with Gasteiger partial charge in [0.1, 0.15) is 0 Å². The first-order chi connectivity index (χ1) is 9.35. The number of fused-ring (bicyclic) bond motifs is 1. The van der Waals surface area contributed by atoms with Crippen LogP contribution in [0.3, 0.4) is 0 Å². The molecule has 2 heteroatoms. The largest absolute Gasteiger partial charge is 0.311 e. The highest BCUT2D eigenvalue weighted by molar-refractivity contribution is 5.33. The summed E-state index contributed by atoms with van der Waals surface area (Å²) in [6.07, 6.45) is 6.48.